The molecule has 1 amide bonds. The number of rotatable bonds is 4. The number of halogens is 1. The van der Waals surface area contributed by atoms with Crippen LogP contribution in [0.3, 0.4) is 0 Å². The van der Waals surface area contributed by atoms with Crippen LogP contribution >= 0.6 is 22.9 Å². The van der Waals surface area contributed by atoms with Gasteiger partial charge in [0, 0.05) is 16.1 Å². The van der Waals surface area contributed by atoms with E-state index in [1.54, 1.807) is 6.20 Å². The predicted octanol–water partition coefficient (Wildman–Crippen LogP) is 3.83. The molecule has 0 unspecified atom stereocenters. The molecule has 0 bridgehead atoms. The fraction of sp³-hybridized carbons (Fsp3) is 0.375. The minimum Gasteiger partial charge on any atom is -0.301 e. The molecule has 1 heterocycles. The monoisotopic (exact) mass is 384 g/mol. The summed E-state index contributed by atoms with van der Waals surface area (Å²) in [6.07, 6.45) is 3.69. The Balaban J connectivity index is 1.98. The van der Waals surface area contributed by atoms with E-state index in [4.69, 9.17) is 11.6 Å². The van der Waals surface area contributed by atoms with Gasteiger partial charge in [-0.2, -0.15) is 0 Å². The first-order chi connectivity index (χ1) is 11.3. The molecule has 1 aliphatic rings. The van der Waals surface area contributed by atoms with Crippen molar-refractivity contribution in [3.05, 3.63) is 40.4 Å². The third-order valence-corrected chi connectivity index (χ3v) is 7.90. The summed E-state index contributed by atoms with van der Waals surface area (Å²) in [7, 11) is -3.82. The Hall–Kier alpha value is -1.44. The van der Waals surface area contributed by atoms with Crippen LogP contribution in [0.1, 0.15) is 30.6 Å². The summed E-state index contributed by atoms with van der Waals surface area (Å²) in [6, 6.07) is 5.97. The number of benzene rings is 1. The van der Waals surface area contributed by atoms with Crippen LogP contribution in [0.4, 0.5) is 5.13 Å². The zero-order chi connectivity index (χ0) is 17.4. The Bertz CT molecular complexity index is 854. The zero-order valence-electron chi connectivity index (χ0n) is 13.1. The van der Waals surface area contributed by atoms with E-state index >= 15 is 0 Å². The van der Waals surface area contributed by atoms with Gasteiger partial charge in [0.2, 0.25) is 5.91 Å². The molecular formula is C16H17ClN2O3S2. The molecule has 24 heavy (non-hydrogen) atoms. The molecule has 1 aromatic heterocycles. The van der Waals surface area contributed by atoms with Gasteiger partial charge in [0.1, 0.15) is 0 Å². The van der Waals surface area contributed by atoms with Crippen LogP contribution in [0.2, 0.25) is 5.02 Å². The molecule has 1 N–H and O–H groups in total. The lowest BCUT2D eigenvalue weighted by Crippen LogP contribution is -2.47. The number of amides is 1. The molecule has 1 saturated carbocycles. The Morgan fingerprint density at radius 2 is 1.88 bits per heavy atom. The third-order valence-electron chi connectivity index (χ3n) is 4.31. The van der Waals surface area contributed by atoms with Gasteiger partial charge in [-0.3, -0.25) is 4.79 Å². The van der Waals surface area contributed by atoms with E-state index in [2.05, 4.69) is 10.3 Å². The van der Waals surface area contributed by atoms with Crippen molar-refractivity contribution in [2.24, 2.45) is 0 Å². The van der Waals surface area contributed by atoms with Gasteiger partial charge in [0.05, 0.1) is 4.90 Å². The van der Waals surface area contributed by atoms with Crippen molar-refractivity contribution in [1.29, 1.82) is 0 Å². The van der Waals surface area contributed by atoms with Crippen molar-refractivity contribution in [1.82, 2.24) is 4.98 Å². The predicted molar refractivity (Wildman–Crippen MR) is 95.3 cm³/mol. The lowest BCUT2D eigenvalue weighted by atomic mass is 10.1. The molecule has 1 aliphatic carbocycles. The van der Waals surface area contributed by atoms with E-state index in [9.17, 15) is 13.2 Å². The average Bonchev–Trinajstić information content (AvgIpc) is 3.18. The molecule has 8 heteroatoms. The summed E-state index contributed by atoms with van der Waals surface area (Å²) in [5.41, 5.74) is 0. The lowest BCUT2D eigenvalue weighted by molar-refractivity contribution is -0.118. The van der Waals surface area contributed by atoms with Gasteiger partial charge in [-0.1, -0.05) is 24.4 Å². The zero-order valence-corrected chi connectivity index (χ0v) is 15.5. The topological polar surface area (TPSA) is 76.1 Å². The standard InChI is InChI=1S/C16H17ClN2O3S2/c1-11-10-18-15(23-11)19-14(20)16(8-2-3-9-16)24(21,22)13-6-4-12(17)5-7-13/h4-7,10H,2-3,8-9H2,1H3,(H,18,19,20). The fourth-order valence-electron chi connectivity index (χ4n) is 3.03. The molecule has 1 fully saturated rings. The second-order valence-electron chi connectivity index (χ2n) is 5.89. The quantitative estimate of drug-likeness (QED) is 0.869. The van der Waals surface area contributed by atoms with E-state index in [0.717, 1.165) is 4.88 Å². The van der Waals surface area contributed by atoms with Crippen molar-refractivity contribution >= 4 is 43.8 Å². The smallest absolute Gasteiger partial charge is 0.248 e. The van der Waals surface area contributed by atoms with Crippen LogP contribution in [0.25, 0.3) is 0 Å². The second-order valence-corrected chi connectivity index (χ2v) is 9.82. The summed E-state index contributed by atoms with van der Waals surface area (Å²) < 4.78 is 24.9. The van der Waals surface area contributed by atoms with E-state index in [1.807, 2.05) is 6.92 Å². The number of aromatic nitrogens is 1. The Labute approximate surface area is 150 Å². The van der Waals surface area contributed by atoms with Crippen molar-refractivity contribution in [3.8, 4) is 0 Å². The normalized spacial score (nSPS) is 16.9. The Kier molecular flexibility index (Phi) is 4.68. The molecule has 0 radical (unpaired) electrons. The van der Waals surface area contributed by atoms with Crippen molar-refractivity contribution in [2.45, 2.75) is 42.2 Å². The van der Waals surface area contributed by atoms with Gasteiger partial charge >= 0.3 is 0 Å². The molecule has 1 aromatic carbocycles. The Morgan fingerprint density at radius 1 is 1.25 bits per heavy atom. The highest BCUT2D eigenvalue weighted by molar-refractivity contribution is 7.93. The van der Waals surface area contributed by atoms with Gasteiger partial charge in [-0.05, 0) is 44.0 Å². The molecule has 2 aromatic rings. The first-order valence-corrected chi connectivity index (χ1v) is 10.3. The van der Waals surface area contributed by atoms with Gasteiger partial charge in [0.25, 0.3) is 0 Å². The SMILES string of the molecule is Cc1cnc(NC(=O)C2(S(=O)(=O)c3ccc(Cl)cc3)CCCC2)s1. The molecule has 0 spiro atoms. The van der Waals surface area contributed by atoms with E-state index < -0.39 is 20.5 Å². The summed E-state index contributed by atoms with van der Waals surface area (Å²) in [4.78, 5) is 18.1. The van der Waals surface area contributed by atoms with E-state index in [-0.39, 0.29) is 4.90 Å². The highest BCUT2D eigenvalue weighted by Gasteiger charge is 2.53. The van der Waals surface area contributed by atoms with Crippen molar-refractivity contribution in [2.75, 3.05) is 5.32 Å². The van der Waals surface area contributed by atoms with Crippen molar-refractivity contribution in [3.63, 3.8) is 0 Å². The number of carbonyl (C=O) groups excluding carboxylic acids is 1. The van der Waals surface area contributed by atoms with Crippen molar-refractivity contribution < 1.29 is 13.2 Å². The summed E-state index contributed by atoms with van der Waals surface area (Å²) >= 11 is 7.17. The number of hydrogen-bond donors (Lipinski definition) is 1. The number of nitrogens with zero attached hydrogens (tertiary/aromatic N) is 1. The number of hydrogen-bond acceptors (Lipinski definition) is 5. The lowest BCUT2D eigenvalue weighted by Gasteiger charge is -2.27. The highest BCUT2D eigenvalue weighted by Crippen LogP contribution is 2.41. The van der Waals surface area contributed by atoms with Gasteiger partial charge in [0.15, 0.2) is 19.7 Å². The van der Waals surface area contributed by atoms with E-state index in [1.165, 1.54) is 35.6 Å². The fourth-order valence-corrected chi connectivity index (χ4v) is 5.88. The maximum Gasteiger partial charge on any atom is 0.248 e. The second kappa shape index (κ2) is 6.46. The highest BCUT2D eigenvalue weighted by atomic mass is 35.5. The summed E-state index contributed by atoms with van der Waals surface area (Å²) in [6.45, 7) is 1.88. The van der Waals surface area contributed by atoms with E-state index in [0.29, 0.717) is 35.8 Å². The van der Waals surface area contributed by atoms with Crippen LogP contribution in [0.5, 0.6) is 0 Å². The molecule has 5 nitrogen and oxygen atoms in total. The van der Waals surface area contributed by atoms with Gasteiger partial charge < -0.3 is 5.32 Å². The minimum atomic E-state index is -3.82. The largest absolute Gasteiger partial charge is 0.301 e. The third kappa shape index (κ3) is 2.96. The van der Waals surface area contributed by atoms with Gasteiger partial charge in [-0.25, -0.2) is 13.4 Å². The maximum atomic E-state index is 13.2. The average molecular weight is 385 g/mol. The summed E-state index contributed by atoms with van der Waals surface area (Å²) in [5.74, 6) is -0.496. The molecule has 3 rings (SSSR count). The maximum absolute atomic E-state index is 13.2. The molecule has 0 atom stereocenters. The summed E-state index contributed by atoms with van der Waals surface area (Å²) in [5, 5.41) is 3.58. The van der Waals surface area contributed by atoms with Crippen LogP contribution in [-0.2, 0) is 14.6 Å². The first-order valence-electron chi connectivity index (χ1n) is 7.59. The van der Waals surface area contributed by atoms with Crippen LogP contribution in [0.15, 0.2) is 35.4 Å². The minimum absolute atomic E-state index is 0.124. The number of carbonyl (C=O) groups is 1. The molecule has 0 aliphatic heterocycles. The van der Waals surface area contributed by atoms with Gasteiger partial charge in [-0.15, -0.1) is 11.3 Å². The Morgan fingerprint density at radius 3 is 2.42 bits per heavy atom. The van der Waals surface area contributed by atoms with Crippen LogP contribution < -0.4 is 5.32 Å². The molecule has 128 valence electrons. The molecular weight excluding hydrogens is 368 g/mol. The number of sulfone groups is 1. The van der Waals surface area contributed by atoms with Crippen LogP contribution in [0, 0.1) is 6.92 Å². The number of aryl methyl sites for hydroxylation is 1. The van der Waals surface area contributed by atoms with Crippen LogP contribution in [-0.4, -0.2) is 24.1 Å². The first kappa shape index (κ1) is 17.4. The number of anilines is 1. The number of thiazole rings is 1. The number of nitrogens with one attached hydrogen (secondary N) is 1. The molecule has 0 saturated heterocycles.